The monoisotopic (exact) mass is 725 g/mol. The molecule has 0 aliphatic carbocycles. The molecule has 3 aromatic carbocycles. The van der Waals surface area contributed by atoms with Crippen molar-refractivity contribution in [1.82, 2.24) is 15.1 Å². The fourth-order valence-electron chi connectivity index (χ4n) is 7.30. The second kappa shape index (κ2) is 17.4. The fourth-order valence-corrected chi connectivity index (χ4v) is 8.44. The number of nitrogens with one attached hydrogen (secondary N) is 1. The van der Waals surface area contributed by atoms with E-state index in [4.69, 9.17) is 0 Å². The summed E-state index contributed by atoms with van der Waals surface area (Å²) in [4.78, 5) is 32.6. The SMILES string of the molecule is O=C(Cc1cccc(Br)c1)N(CCc1cccs1)Cc1cccc(-c2cccc(C(=O)N3CCC(CCCC4CCNCC4)CC3)c2)c1. The lowest BCUT2D eigenvalue weighted by Crippen LogP contribution is -2.38. The fraction of sp³-hybridized carbons (Fsp3) is 0.415. The standard InChI is InChI=1S/C41H48BrN3O2S/c42-38-13-3-8-33(27-38)28-40(46)45(24-19-39-14-5-25-48-39)30-34-9-2-10-35(26-34)36-11-4-12-37(29-36)41(47)44-22-17-32(18-23-44)7-1-6-31-15-20-43-21-16-31/h2-5,8-14,25-27,29,31-32,43H,1,6-7,15-24,28,30H2. The highest BCUT2D eigenvalue weighted by Crippen LogP contribution is 2.28. The third-order valence-corrected chi connectivity index (χ3v) is 11.6. The smallest absolute Gasteiger partial charge is 0.253 e. The number of piperidine rings is 2. The van der Waals surface area contributed by atoms with E-state index in [1.807, 2.05) is 47.4 Å². The van der Waals surface area contributed by atoms with Crippen molar-refractivity contribution in [2.45, 2.75) is 64.3 Å². The van der Waals surface area contributed by atoms with Crippen LogP contribution in [0.25, 0.3) is 11.1 Å². The third-order valence-electron chi connectivity index (χ3n) is 10.1. The molecule has 0 unspecified atom stereocenters. The van der Waals surface area contributed by atoms with Crippen LogP contribution < -0.4 is 5.32 Å². The number of benzene rings is 3. The Morgan fingerprint density at radius 1 is 0.812 bits per heavy atom. The van der Waals surface area contributed by atoms with Crippen LogP contribution in [0, 0.1) is 11.8 Å². The highest BCUT2D eigenvalue weighted by Gasteiger charge is 2.24. The molecule has 3 heterocycles. The highest BCUT2D eigenvalue weighted by molar-refractivity contribution is 9.10. The van der Waals surface area contributed by atoms with Crippen molar-refractivity contribution in [2.75, 3.05) is 32.7 Å². The lowest BCUT2D eigenvalue weighted by Gasteiger charge is -2.32. The van der Waals surface area contributed by atoms with E-state index in [9.17, 15) is 9.59 Å². The van der Waals surface area contributed by atoms with Gasteiger partial charge in [-0.2, -0.15) is 0 Å². The molecule has 2 saturated heterocycles. The van der Waals surface area contributed by atoms with Gasteiger partial charge < -0.3 is 15.1 Å². The molecule has 252 valence electrons. The van der Waals surface area contributed by atoms with E-state index in [1.54, 1.807) is 11.3 Å². The first kappa shape index (κ1) is 34.6. The first-order valence-electron chi connectivity index (χ1n) is 17.7. The van der Waals surface area contributed by atoms with Crippen LogP contribution in [0.2, 0.25) is 0 Å². The highest BCUT2D eigenvalue weighted by atomic mass is 79.9. The summed E-state index contributed by atoms with van der Waals surface area (Å²) in [5, 5.41) is 5.56. The van der Waals surface area contributed by atoms with Crippen LogP contribution in [0.4, 0.5) is 0 Å². The van der Waals surface area contributed by atoms with Crippen LogP contribution in [0.15, 0.2) is 94.8 Å². The van der Waals surface area contributed by atoms with E-state index in [-0.39, 0.29) is 11.8 Å². The molecule has 2 amide bonds. The van der Waals surface area contributed by atoms with E-state index in [0.29, 0.717) is 19.5 Å². The van der Waals surface area contributed by atoms with Crippen molar-refractivity contribution < 1.29 is 9.59 Å². The Morgan fingerprint density at radius 3 is 2.27 bits per heavy atom. The maximum atomic E-state index is 13.6. The van der Waals surface area contributed by atoms with Gasteiger partial charge in [0.15, 0.2) is 0 Å². The van der Waals surface area contributed by atoms with Crippen LogP contribution in [0.3, 0.4) is 0 Å². The van der Waals surface area contributed by atoms with Crippen molar-refractivity contribution in [1.29, 1.82) is 0 Å². The summed E-state index contributed by atoms with van der Waals surface area (Å²) in [6.45, 7) is 5.27. The summed E-state index contributed by atoms with van der Waals surface area (Å²) >= 11 is 5.27. The van der Waals surface area contributed by atoms with Crippen molar-refractivity contribution in [3.05, 3.63) is 116 Å². The summed E-state index contributed by atoms with van der Waals surface area (Å²) in [7, 11) is 0. The number of rotatable bonds is 13. The molecule has 0 radical (unpaired) electrons. The Hall–Kier alpha value is -3.26. The first-order valence-corrected chi connectivity index (χ1v) is 19.4. The number of hydrogen-bond donors (Lipinski definition) is 1. The summed E-state index contributed by atoms with van der Waals surface area (Å²) in [6, 6.07) is 28.7. The molecule has 48 heavy (non-hydrogen) atoms. The molecule has 2 aliphatic rings. The Balaban J connectivity index is 1.07. The van der Waals surface area contributed by atoms with Crippen LogP contribution in [-0.4, -0.2) is 54.3 Å². The van der Waals surface area contributed by atoms with E-state index in [0.717, 1.165) is 76.5 Å². The average molecular weight is 727 g/mol. The van der Waals surface area contributed by atoms with E-state index < -0.39 is 0 Å². The number of amides is 2. The Kier molecular flexibility index (Phi) is 12.6. The largest absolute Gasteiger partial charge is 0.339 e. The molecule has 6 rings (SSSR count). The quantitative estimate of drug-likeness (QED) is 0.150. The van der Waals surface area contributed by atoms with Crippen molar-refractivity contribution >= 4 is 39.1 Å². The molecule has 4 aromatic rings. The predicted molar refractivity (Wildman–Crippen MR) is 201 cm³/mol. The number of halogens is 1. The van der Waals surface area contributed by atoms with Gasteiger partial charge in [-0.25, -0.2) is 0 Å². The number of hydrogen-bond acceptors (Lipinski definition) is 4. The Bertz CT molecular complexity index is 1630. The molecule has 2 fully saturated rings. The van der Waals surface area contributed by atoms with E-state index in [2.05, 4.69) is 74.0 Å². The van der Waals surface area contributed by atoms with Gasteiger partial charge >= 0.3 is 0 Å². The molecule has 0 spiro atoms. The van der Waals surface area contributed by atoms with Gasteiger partial charge in [0.1, 0.15) is 0 Å². The molecule has 0 saturated carbocycles. The summed E-state index contributed by atoms with van der Waals surface area (Å²) in [5.41, 5.74) is 4.93. The Labute approximate surface area is 298 Å². The zero-order valence-electron chi connectivity index (χ0n) is 27.9. The van der Waals surface area contributed by atoms with Gasteiger partial charge in [-0.05, 0) is 121 Å². The minimum Gasteiger partial charge on any atom is -0.339 e. The molecular formula is C41H48BrN3O2S. The number of carbonyl (C=O) groups is 2. The average Bonchev–Trinajstić information content (AvgIpc) is 3.65. The van der Waals surface area contributed by atoms with Crippen LogP contribution in [0.5, 0.6) is 0 Å². The van der Waals surface area contributed by atoms with Crippen molar-refractivity contribution in [3.63, 3.8) is 0 Å². The third kappa shape index (κ3) is 9.90. The normalized spacial score (nSPS) is 15.8. The van der Waals surface area contributed by atoms with Gasteiger partial charge in [-0.15, -0.1) is 11.3 Å². The van der Waals surface area contributed by atoms with Gasteiger partial charge in [0.05, 0.1) is 6.42 Å². The minimum absolute atomic E-state index is 0.119. The molecule has 2 aliphatic heterocycles. The molecule has 0 atom stereocenters. The lowest BCUT2D eigenvalue weighted by molar-refractivity contribution is -0.131. The summed E-state index contributed by atoms with van der Waals surface area (Å²) in [5.74, 6) is 1.91. The maximum absolute atomic E-state index is 13.6. The molecule has 1 N–H and O–H groups in total. The second-order valence-corrected chi connectivity index (χ2v) is 15.5. The molecule has 0 bridgehead atoms. The minimum atomic E-state index is 0.119. The molecule has 5 nitrogen and oxygen atoms in total. The maximum Gasteiger partial charge on any atom is 0.253 e. The zero-order valence-corrected chi connectivity index (χ0v) is 30.3. The topological polar surface area (TPSA) is 52.7 Å². The summed E-state index contributed by atoms with van der Waals surface area (Å²) < 4.78 is 0.981. The summed E-state index contributed by atoms with van der Waals surface area (Å²) in [6.07, 6.45) is 10.1. The molecule has 7 heteroatoms. The number of carbonyl (C=O) groups excluding carboxylic acids is 2. The first-order chi connectivity index (χ1) is 23.5. The van der Waals surface area contributed by atoms with Gasteiger partial charge in [0.25, 0.3) is 5.91 Å². The van der Waals surface area contributed by atoms with Gasteiger partial charge in [-0.3, -0.25) is 9.59 Å². The van der Waals surface area contributed by atoms with Crippen molar-refractivity contribution in [2.24, 2.45) is 11.8 Å². The second-order valence-electron chi connectivity index (χ2n) is 13.6. The van der Waals surface area contributed by atoms with E-state index >= 15 is 0 Å². The molecular weight excluding hydrogens is 678 g/mol. The molecule has 1 aromatic heterocycles. The number of thiophene rings is 1. The van der Waals surface area contributed by atoms with Gasteiger partial charge in [0.2, 0.25) is 5.91 Å². The Morgan fingerprint density at radius 2 is 1.52 bits per heavy atom. The van der Waals surface area contributed by atoms with Crippen molar-refractivity contribution in [3.8, 4) is 11.1 Å². The zero-order chi connectivity index (χ0) is 33.1. The number of likely N-dealkylation sites (tertiary alicyclic amines) is 1. The number of nitrogens with zero attached hydrogens (tertiary/aromatic N) is 2. The lowest BCUT2D eigenvalue weighted by atomic mass is 9.87. The van der Waals surface area contributed by atoms with E-state index in [1.165, 1.54) is 50.1 Å². The van der Waals surface area contributed by atoms with Gasteiger partial charge in [0, 0.05) is 41.1 Å². The van der Waals surface area contributed by atoms with Crippen LogP contribution in [-0.2, 0) is 24.2 Å². The van der Waals surface area contributed by atoms with Crippen LogP contribution >= 0.6 is 27.3 Å². The van der Waals surface area contributed by atoms with Gasteiger partial charge in [-0.1, -0.05) is 83.7 Å². The predicted octanol–water partition coefficient (Wildman–Crippen LogP) is 9.01. The van der Waals surface area contributed by atoms with Crippen LogP contribution in [0.1, 0.15) is 71.3 Å².